The Bertz CT molecular complexity index is 563. The number of rotatable bonds is 7. The van der Waals surface area contributed by atoms with E-state index in [2.05, 4.69) is 22.1 Å². The second-order valence-corrected chi connectivity index (χ2v) is 5.92. The first kappa shape index (κ1) is 21.7. The first-order chi connectivity index (χ1) is 11.6. The van der Waals surface area contributed by atoms with Gasteiger partial charge in [-0.1, -0.05) is 19.1 Å². The molecule has 140 valence electrons. The molecule has 0 spiro atoms. The van der Waals surface area contributed by atoms with Crippen LogP contribution in [0.15, 0.2) is 29.3 Å². The third-order valence-electron chi connectivity index (χ3n) is 4.32. The Hall–Kier alpha value is -1.35. The lowest BCUT2D eigenvalue weighted by atomic mass is 10.1. The van der Waals surface area contributed by atoms with Crippen LogP contribution in [0, 0.1) is 0 Å². The van der Waals surface area contributed by atoms with Crippen molar-refractivity contribution < 1.29 is 9.53 Å². The molecule has 0 aliphatic carbocycles. The predicted octanol–water partition coefficient (Wildman–Crippen LogP) is 2.37. The lowest BCUT2D eigenvalue weighted by Gasteiger charge is -2.23. The maximum Gasteiger partial charge on any atom is 0.338 e. The molecular weight excluding hydrogens is 431 g/mol. The molecule has 1 aliphatic rings. The highest BCUT2D eigenvalue weighted by molar-refractivity contribution is 14.0. The molecule has 1 saturated heterocycles. The van der Waals surface area contributed by atoms with Gasteiger partial charge in [0.1, 0.15) is 0 Å². The van der Waals surface area contributed by atoms with Crippen LogP contribution in [0.4, 0.5) is 0 Å². The molecule has 0 bridgehead atoms. The van der Waals surface area contributed by atoms with E-state index in [0.29, 0.717) is 30.7 Å². The van der Waals surface area contributed by atoms with Crippen molar-refractivity contribution in [2.24, 2.45) is 10.7 Å². The first-order valence-corrected chi connectivity index (χ1v) is 8.68. The number of esters is 1. The average Bonchev–Trinajstić information content (AvgIpc) is 3.06. The molecule has 1 fully saturated rings. The van der Waals surface area contributed by atoms with Crippen molar-refractivity contribution in [1.82, 2.24) is 10.2 Å². The van der Waals surface area contributed by atoms with Gasteiger partial charge in [-0.3, -0.25) is 4.90 Å². The van der Waals surface area contributed by atoms with Gasteiger partial charge in [-0.15, -0.1) is 24.0 Å². The number of nitrogens with one attached hydrogen (secondary N) is 1. The summed E-state index contributed by atoms with van der Waals surface area (Å²) in [4.78, 5) is 18.4. The summed E-state index contributed by atoms with van der Waals surface area (Å²) in [6.07, 6.45) is 2.47. The minimum absolute atomic E-state index is 0. The molecule has 0 amide bonds. The Morgan fingerprint density at radius 1 is 1.36 bits per heavy atom. The van der Waals surface area contributed by atoms with E-state index in [1.54, 1.807) is 19.1 Å². The number of hydrogen-bond acceptors (Lipinski definition) is 4. The standard InChI is InChI=1S/C18H28N4O2.HI/c1-3-22-11-5-6-16(22)13-21-18(19)20-12-14-7-9-15(10-8-14)17(23)24-4-2;/h7-10,16H,3-6,11-13H2,1-2H3,(H3,19,20,21);1H. The van der Waals surface area contributed by atoms with Gasteiger partial charge in [-0.2, -0.15) is 0 Å². The number of halogens is 1. The van der Waals surface area contributed by atoms with Crippen molar-refractivity contribution in [3.63, 3.8) is 0 Å². The van der Waals surface area contributed by atoms with Crippen LogP contribution in [-0.2, 0) is 11.3 Å². The van der Waals surface area contributed by atoms with Gasteiger partial charge in [0.2, 0.25) is 0 Å². The molecule has 0 aromatic heterocycles. The van der Waals surface area contributed by atoms with Gasteiger partial charge < -0.3 is 15.8 Å². The van der Waals surface area contributed by atoms with Crippen molar-refractivity contribution in [3.05, 3.63) is 35.4 Å². The van der Waals surface area contributed by atoms with Gasteiger partial charge in [-0.25, -0.2) is 9.79 Å². The maximum absolute atomic E-state index is 11.6. The van der Waals surface area contributed by atoms with Crippen molar-refractivity contribution in [2.75, 3.05) is 26.2 Å². The van der Waals surface area contributed by atoms with Crippen LogP contribution in [0.1, 0.15) is 42.6 Å². The van der Waals surface area contributed by atoms with Crippen molar-refractivity contribution in [1.29, 1.82) is 0 Å². The molecule has 2 rings (SSSR count). The van der Waals surface area contributed by atoms with Gasteiger partial charge in [0, 0.05) is 12.6 Å². The van der Waals surface area contributed by atoms with Gasteiger partial charge in [0.05, 0.1) is 18.7 Å². The predicted molar refractivity (Wildman–Crippen MR) is 111 cm³/mol. The number of nitrogens with zero attached hydrogens (tertiary/aromatic N) is 2. The summed E-state index contributed by atoms with van der Waals surface area (Å²) in [5.74, 6) is 0.165. The van der Waals surface area contributed by atoms with Crippen LogP contribution in [0.3, 0.4) is 0 Å². The largest absolute Gasteiger partial charge is 0.462 e. The number of carbonyl (C=O) groups excluding carboxylic acids is 1. The Labute approximate surface area is 167 Å². The summed E-state index contributed by atoms with van der Waals surface area (Å²) in [7, 11) is 0. The minimum atomic E-state index is -0.300. The summed E-state index contributed by atoms with van der Waals surface area (Å²) in [6.45, 7) is 7.94. The molecule has 0 saturated carbocycles. The number of nitrogens with two attached hydrogens (primary N) is 1. The second kappa shape index (κ2) is 11.3. The first-order valence-electron chi connectivity index (χ1n) is 8.68. The molecule has 1 heterocycles. The summed E-state index contributed by atoms with van der Waals surface area (Å²) in [5, 5.41) is 3.22. The van der Waals surface area contributed by atoms with E-state index >= 15 is 0 Å². The average molecular weight is 460 g/mol. The number of likely N-dealkylation sites (tertiary alicyclic amines) is 1. The maximum atomic E-state index is 11.6. The number of aliphatic imine (C=N–C) groups is 1. The number of carbonyl (C=O) groups is 1. The molecule has 0 radical (unpaired) electrons. The third kappa shape index (κ3) is 6.81. The smallest absolute Gasteiger partial charge is 0.338 e. The summed E-state index contributed by atoms with van der Waals surface area (Å²) < 4.78 is 4.96. The van der Waals surface area contributed by atoms with Crippen LogP contribution in [0.5, 0.6) is 0 Å². The Morgan fingerprint density at radius 2 is 2.08 bits per heavy atom. The molecule has 1 aromatic carbocycles. The molecule has 1 aromatic rings. The highest BCUT2D eigenvalue weighted by Gasteiger charge is 2.22. The molecule has 6 nitrogen and oxygen atoms in total. The number of ether oxygens (including phenoxy) is 1. The van der Waals surface area contributed by atoms with Crippen LogP contribution < -0.4 is 11.1 Å². The van der Waals surface area contributed by atoms with Gasteiger partial charge in [0.25, 0.3) is 0 Å². The van der Waals surface area contributed by atoms with E-state index in [1.807, 2.05) is 12.1 Å². The molecule has 1 atom stereocenters. The number of benzene rings is 1. The van der Waals surface area contributed by atoms with E-state index in [1.165, 1.54) is 19.4 Å². The molecule has 1 aliphatic heterocycles. The van der Waals surface area contributed by atoms with Crippen molar-refractivity contribution >= 4 is 35.9 Å². The SMILES string of the molecule is CCOC(=O)c1ccc(CN=C(N)NCC2CCCN2CC)cc1.I. The fourth-order valence-corrected chi connectivity index (χ4v) is 2.96. The molecule has 7 heteroatoms. The zero-order chi connectivity index (χ0) is 17.4. The molecular formula is C18H29IN4O2. The Kier molecular flexibility index (Phi) is 9.81. The third-order valence-corrected chi connectivity index (χ3v) is 4.32. The fourth-order valence-electron chi connectivity index (χ4n) is 2.96. The molecule has 3 N–H and O–H groups in total. The number of hydrogen-bond donors (Lipinski definition) is 2. The van der Waals surface area contributed by atoms with Crippen molar-refractivity contribution in [3.8, 4) is 0 Å². The monoisotopic (exact) mass is 460 g/mol. The zero-order valence-corrected chi connectivity index (χ0v) is 17.4. The Morgan fingerprint density at radius 3 is 2.72 bits per heavy atom. The highest BCUT2D eigenvalue weighted by Crippen LogP contribution is 2.15. The summed E-state index contributed by atoms with van der Waals surface area (Å²) in [6, 6.07) is 7.80. The lowest BCUT2D eigenvalue weighted by molar-refractivity contribution is 0.0526. The van der Waals surface area contributed by atoms with E-state index in [4.69, 9.17) is 10.5 Å². The number of guanidine groups is 1. The minimum Gasteiger partial charge on any atom is -0.462 e. The zero-order valence-electron chi connectivity index (χ0n) is 15.0. The lowest BCUT2D eigenvalue weighted by Crippen LogP contribution is -2.42. The number of likely N-dealkylation sites (N-methyl/N-ethyl adjacent to an activating group) is 1. The van der Waals surface area contributed by atoms with Crippen molar-refractivity contribution in [2.45, 2.75) is 39.3 Å². The van der Waals surface area contributed by atoms with Gasteiger partial charge in [0.15, 0.2) is 5.96 Å². The van der Waals surface area contributed by atoms with E-state index in [-0.39, 0.29) is 29.9 Å². The summed E-state index contributed by atoms with van der Waals surface area (Å²) >= 11 is 0. The van der Waals surface area contributed by atoms with Gasteiger partial charge >= 0.3 is 5.97 Å². The van der Waals surface area contributed by atoms with Crippen LogP contribution in [0.25, 0.3) is 0 Å². The molecule has 1 unspecified atom stereocenters. The van der Waals surface area contributed by atoms with Crippen LogP contribution in [-0.4, -0.2) is 49.1 Å². The quantitative estimate of drug-likeness (QED) is 0.283. The van der Waals surface area contributed by atoms with Crippen LogP contribution >= 0.6 is 24.0 Å². The summed E-state index contributed by atoms with van der Waals surface area (Å²) in [5.41, 5.74) is 7.51. The Balaban J connectivity index is 0.00000312. The van der Waals surface area contributed by atoms with E-state index in [0.717, 1.165) is 18.7 Å². The highest BCUT2D eigenvalue weighted by atomic mass is 127. The molecule has 25 heavy (non-hydrogen) atoms. The second-order valence-electron chi connectivity index (χ2n) is 5.92. The normalized spacial score (nSPS) is 17.8. The fraction of sp³-hybridized carbons (Fsp3) is 0.556. The van der Waals surface area contributed by atoms with Gasteiger partial charge in [-0.05, 0) is 50.6 Å². The van der Waals surface area contributed by atoms with E-state index < -0.39 is 0 Å². The topological polar surface area (TPSA) is 79.9 Å². The van der Waals surface area contributed by atoms with E-state index in [9.17, 15) is 4.79 Å². The van der Waals surface area contributed by atoms with Crippen LogP contribution in [0.2, 0.25) is 0 Å².